The highest BCUT2D eigenvalue weighted by Gasteiger charge is 2.48. The minimum absolute atomic E-state index is 0.00572. The van der Waals surface area contributed by atoms with Gasteiger partial charge in [0.2, 0.25) is 18.1 Å². The van der Waals surface area contributed by atoms with Gasteiger partial charge in [-0.05, 0) is 84.9 Å². The molecule has 1 saturated heterocycles. The van der Waals surface area contributed by atoms with Crippen molar-refractivity contribution in [1.82, 2.24) is 21.3 Å². The second-order valence-corrected chi connectivity index (χ2v) is 16.6. The number of carboxylic acids is 1. The zero-order valence-corrected chi connectivity index (χ0v) is 36.4. The molecule has 19 nitrogen and oxygen atoms in total. The molecule has 0 unspecified atom stereocenters. The third-order valence-corrected chi connectivity index (χ3v) is 9.19. The van der Waals surface area contributed by atoms with Gasteiger partial charge in [0.15, 0.2) is 6.10 Å². The molecule has 0 bridgehead atoms. The maximum atomic E-state index is 13.5. The Kier molecular flexibility index (Phi) is 21.8. The van der Waals surface area contributed by atoms with E-state index >= 15 is 0 Å². The summed E-state index contributed by atoms with van der Waals surface area (Å²) >= 11 is 0. The number of benzene rings is 1. The Morgan fingerprint density at radius 2 is 1.55 bits per heavy atom. The Hall–Kier alpha value is -3.95. The van der Waals surface area contributed by atoms with Crippen molar-refractivity contribution in [2.75, 3.05) is 39.5 Å². The molecule has 0 aromatic heterocycles. The Morgan fingerprint density at radius 3 is 2.18 bits per heavy atom. The smallest absolute Gasteiger partial charge is 0.335 e. The lowest BCUT2D eigenvalue weighted by Gasteiger charge is -2.38. The number of carbonyl (C=O) groups is 5. The standard InChI is InChI=1S/C41H68N4O15/c1-24(2)44-19-28(45-32(48)21-55-25(3)4)12-10-11-16-42-31(47)22-57-41(8,9)23-58-40(6,7)15-17-43-37(52)29-18-27(20-56-26(5)46)13-14-30(29)59-39-35(51)33(49)34(50)36(60-39)38(53)54/h13-14,18,24-25,28,33-36,39,44,49-51H,10-12,15-17,19-23H2,1-9H3,(H,42,47)(H,43,52)(H,45,48)(H,53,54)/t28-,33-,34-,35+,36-,39+/m0/s1. The summed E-state index contributed by atoms with van der Waals surface area (Å²) in [7, 11) is 0. The number of aliphatic carboxylic acids is 1. The first kappa shape index (κ1) is 52.2. The Bertz CT molecular complexity index is 1540. The molecule has 1 aromatic rings. The second-order valence-electron chi connectivity index (χ2n) is 16.6. The molecule has 1 aliphatic heterocycles. The summed E-state index contributed by atoms with van der Waals surface area (Å²) in [6, 6.07) is 4.41. The van der Waals surface area contributed by atoms with Crippen molar-refractivity contribution < 1.29 is 72.8 Å². The van der Waals surface area contributed by atoms with Crippen LogP contribution < -0.4 is 26.0 Å². The molecule has 1 fully saturated rings. The van der Waals surface area contributed by atoms with Crippen LogP contribution in [0.2, 0.25) is 0 Å². The van der Waals surface area contributed by atoms with Gasteiger partial charge in [0.1, 0.15) is 43.9 Å². The number of unbranched alkanes of at least 4 members (excludes halogenated alkanes) is 1. The molecule has 342 valence electrons. The number of nitrogens with one attached hydrogen (secondary N) is 4. The van der Waals surface area contributed by atoms with E-state index in [0.717, 1.165) is 12.8 Å². The molecule has 19 heteroatoms. The number of ether oxygens (including phenoxy) is 6. The van der Waals surface area contributed by atoms with E-state index in [4.69, 9.17) is 28.4 Å². The lowest BCUT2D eigenvalue weighted by molar-refractivity contribution is -0.271. The van der Waals surface area contributed by atoms with Gasteiger partial charge in [0.25, 0.3) is 5.91 Å². The van der Waals surface area contributed by atoms with Crippen LogP contribution in [0.15, 0.2) is 18.2 Å². The van der Waals surface area contributed by atoms with Crippen molar-refractivity contribution in [1.29, 1.82) is 0 Å². The van der Waals surface area contributed by atoms with Gasteiger partial charge in [-0.2, -0.15) is 0 Å². The van der Waals surface area contributed by atoms with Gasteiger partial charge in [-0.25, -0.2) is 4.79 Å². The van der Waals surface area contributed by atoms with Crippen molar-refractivity contribution in [2.45, 2.75) is 155 Å². The predicted octanol–water partition coefficient (Wildman–Crippen LogP) is 0.925. The molecule has 0 aliphatic carbocycles. The van der Waals surface area contributed by atoms with Gasteiger partial charge in [0.05, 0.1) is 29.5 Å². The lowest BCUT2D eigenvalue weighted by atomic mass is 9.99. The molecule has 8 N–H and O–H groups in total. The van der Waals surface area contributed by atoms with Crippen molar-refractivity contribution in [2.24, 2.45) is 0 Å². The van der Waals surface area contributed by atoms with Crippen molar-refractivity contribution in [3.8, 4) is 5.75 Å². The van der Waals surface area contributed by atoms with E-state index < -0.39 is 59.8 Å². The predicted molar refractivity (Wildman–Crippen MR) is 217 cm³/mol. The summed E-state index contributed by atoms with van der Waals surface area (Å²) in [6.07, 6.45) is -6.87. The molecule has 3 amide bonds. The largest absolute Gasteiger partial charge is 0.479 e. The summed E-state index contributed by atoms with van der Waals surface area (Å²) in [4.78, 5) is 61.3. The molecule has 6 atom stereocenters. The van der Waals surface area contributed by atoms with Crippen LogP contribution >= 0.6 is 0 Å². The molecule has 1 aliphatic rings. The van der Waals surface area contributed by atoms with Gasteiger partial charge in [0, 0.05) is 38.6 Å². The van der Waals surface area contributed by atoms with Crippen LogP contribution in [0.1, 0.15) is 104 Å². The highest BCUT2D eigenvalue weighted by molar-refractivity contribution is 5.97. The van der Waals surface area contributed by atoms with Crippen LogP contribution in [0.25, 0.3) is 0 Å². The number of aliphatic hydroxyl groups excluding tert-OH is 3. The number of carbonyl (C=O) groups excluding carboxylic acids is 4. The van der Waals surface area contributed by atoms with Crippen molar-refractivity contribution in [3.63, 3.8) is 0 Å². The Labute approximate surface area is 352 Å². The number of hydrogen-bond acceptors (Lipinski definition) is 15. The number of aliphatic hydroxyl groups is 3. The summed E-state index contributed by atoms with van der Waals surface area (Å²) in [5, 5.41) is 52.1. The first-order chi connectivity index (χ1) is 28.0. The topological polar surface area (TPSA) is 270 Å². The van der Waals surface area contributed by atoms with Crippen molar-refractivity contribution >= 4 is 29.7 Å². The van der Waals surface area contributed by atoms with Crippen LogP contribution in [0.3, 0.4) is 0 Å². The van der Waals surface area contributed by atoms with Gasteiger partial charge < -0.3 is 70.1 Å². The molecular formula is C41H68N4O15. The Balaban J connectivity index is 1.87. The highest BCUT2D eigenvalue weighted by Crippen LogP contribution is 2.28. The van der Waals surface area contributed by atoms with Crippen LogP contribution in [-0.2, 0) is 49.5 Å². The molecular weight excluding hydrogens is 788 g/mol. The number of esters is 1. The second kappa shape index (κ2) is 25.1. The summed E-state index contributed by atoms with van der Waals surface area (Å²) in [6.45, 7) is 17.3. The zero-order chi connectivity index (χ0) is 45.2. The molecule has 1 heterocycles. The van der Waals surface area contributed by atoms with Crippen LogP contribution in [0.4, 0.5) is 0 Å². The minimum atomic E-state index is -1.93. The minimum Gasteiger partial charge on any atom is -0.479 e. The number of carboxylic acid groups (broad SMARTS) is 1. The van der Waals surface area contributed by atoms with Crippen LogP contribution in [0, 0.1) is 0 Å². The normalized spacial score (nSPS) is 20.1. The van der Waals surface area contributed by atoms with Gasteiger partial charge in [-0.3, -0.25) is 19.2 Å². The van der Waals surface area contributed by atoms with E-state index in [0.29, 0.717) is 31.5 Å². The average Bonchev–Trinajstić information content (AvgIpc) is 3.16. The van der Waals surface area contributed by atoms with Gasteiger partial charge in [-0.15, -0.1) is 0 Å². The van der Waals surface area contributed by atoms with Crippen LogP contribution in [-0.4, -0.2) is 150 Å². The van der Waals surface area contributed by atoms with Gasteiger partial charge in [-0.1, -0.05) is 19.9 Å². The summed E-state index contributed by atoms with van der Waals surface area (Å²) in [5.74, 6) is -3.37. The maximum Gasteiger partial charge on any atom is 0.335 e. The number of rotatable bonds is 27. The molecule has 0 spiro atoms. The number of hydrogen-bond donors (Lipinski definition) is 8. The summed E-state index contributed by atoms with van der Waals surface area (Å²) < 4.78 is 33.4. The molecule has 60 heavy (non-hydrogen) atoms. The fourth-order valence-electron chi connectivity index (χ4n) is 5.63. The van der Waals surface area contributed by atoms with E-state index in [2.05, 4.69) is 21.3 Å². The first-order valence-corrected chi connectivity index (χ1v) is 20.3. The molecule has 0 radical (unpaired) electrons. The van der Waals surface area contributed by atoms with E-state index in [1.165, 1.54) is 25.1 Å². The summed E-state index contributed by atoms with van der Waals surface area (Å²) in [5.41, 5.74) is -1.26. The highest BCUT2D eigenvalue weighted by atomic mass is 16.7. The monoisotopic (exact) mass is 856 g/mol. The van der Waals surface area contributed by atoms with Crippen molar-refractivity contribution in [3.05, 3.63) is 29.3 Å². The third-order valence-electron chi connectivity index (χ3n) is 9.19. The van der Waals surface area contributed by atoms with E-state index in [1.54, 1.807) is 13.8 Å². The fraction of sp³-hybridized carbons (Fsp3) is 0.732. The maximum absolute atomic E-state index is 13.5. The van der Waals surface area contributed by atoms with Gasteiger partial charge >= 0.3 is 11.9 Å². The van der Waals surface area contributed by atoms with E-state index in [9.17, 15) is 44.4 Å². The zero-order valence-electron chi connectivity index (χ0n) is 36.4. The quantitative estimate of drug-likeness (QED) is 0.0452. The third kappa shape index (κ3) is 19.6. The average molecular weight is 857 g/mol. The lowest BCUT2D eigenvalue weighted by Crippen LogP contribution is -2.61. The SMILES string of the molecule is CC(=O)OCc1ccc(O[C@@H]2O[C@H](C(=O)O)[C@@H](O)[C@H](O)[C@H]2O)c(C(=O)NCCC(C)(C)OCC(C)(C)OCC(=O)NCCCC[C@@H](CNC(C)C)NC(=O)COC(C)C)c1. The van der Waals surface area contributed by atoms with E-state index in [-0.39, 0.29) is 74.3 Å². The number of amides is 3. The first-order valence-electron chi connectivity index (χ1n) is 20.3. The molecule has 0 saturated carbocycles. The molecule has 1 aromatic carbocycles. The van der Waals surface area contributed by atoms with Crippen LogP contribution in [0.5, 0.6) is 5.75 Å². The van der Waals surface area contributed by atoms with E-state index in [1.807, 2.05) is 41.5 Å². The molecule has 2 rings (SSSR count). The fourth-order valence-corrected chi connectivity index (χ4v) is 5.63. The Morgan fingerprint density at radius 1 is 0.850 bits per heavy atom.